The van der Waals surface area contributed by atoms with Gasteiger partial charge in [0.1, 0.15) is 0 Å². The molecule has 1 aromatic rings. The van der Waals surface area contributed by atoms with Gasteiger partial charge < -0.3 is 15.4 Å². The van der Waals surface area contributed by atoms with Crippen molar-refractivity contribution in [1.82, 2.24) is 0 Å². The van der Waals surface area contributed by atoms with Gasteiger partial charge in [0.2, 0.25) is 0 Å². The predicted molar refractivity (Wildman–Crippen MR) is 78.3 cm³/mol. The molecule has 1 aliphatic carbocycles. The summed E-state index contributed by atoms with van der Waals surface area (Å²) >= 11 is 0. The maximum atomic E-state index is 6.01. The van der Waals surface area contributed by atoms with Crippen LogP contribution in [-0.2, 0) is 11.3 Å². The number of benzene rings is 1. The standard InChI is InChI=1S/C16H24N2O/c1-18(14-5-3-13(12-17)4-6-14)15-7-10-19-16(11-15)8-2-9-16/h3-6,15H,2,7-12,17H2,1H3. The van der Waals surface area contributed by atoms with Crippen LogP contribution in [0.1, 0.15) is 37.7 Å². The van der Waals surface area contributed by atoms with Crippen LogP contribution >= 0.6 is 0 Å². The fourth-order valence-corrected chi connectivity index (χ4v) is 3.33. The van der Waals surface area contributed by atoms with Crippen LogP contribution in [0.15, 0.2) is 24.3 Å². The number of nitrogens with two attached hydrogens (primary N) is 1. The molecule has 1 aliphatic heterocycles. The average molecular weight is 260 g/mol. The smallest absolute Gasteiger partial charge is 0.0702 e. The van der Waals surface area contributed by atoms with Gasteiger partial charge in [0, 0.05) is 31.9 Å². The van der Waals surface area contributed by atoms with E-state index in [1.165, 1.54) is 36.9 Å². The Kier molecular flexibility index (Phi) is 3.50. The molecule has 2 aliphatic rings. The lowest BCUT2D eigenvalue weighted by Gasteiger charge is -2.49. The molecular weight excluding hydrogens is 236 g/mol. The van der Waals surface area contributed by atoms with E-state index in [0.717, 1.165) is 13.0 Å². The number of nitrogens with zero attached hydrogens (tertiary/aromatic N) is 1. The second-order valence-electron chi connectivity index (χ2n) is 6.01. The van der Waals surface area contributed by atoms with Gasteiger partial charge in [0.05, 0.1) is 5.60 Å². The van der Waals surface area contributed by atoms with Gasteiger partial charge in [-0.05, 0) is 49.8 Å². The van der Waals surface area contributed by atoms with Crippen LogP contribution in [0.25, 0.3) is 0 Å². The van der Waals surface area contributed by atoms with Crippen molar-refractivity contribution in [2.45, 2.75) is 50.3 Å². The van der Waals surface area contributed by atoms with Gasteiger partial charge in [-0.1, -0.05) is 12.1 Å². The van der Waals surface area contributed by atoms with Crippen molar-refractivity contribution in [1.29, 1.82) is 0 Å². The second-order valence-corrected chi connectivity index (χ2v) is 6.01. The molecule has 3 heteroatoms. The molecule has 1 saturated carbocycles. The molecule has 0 radical (unpaired) electrons. The van der Waals surface area contributed by atoms with Gasteiger partial charge in [-0.15, -0.1) is 0 Å². The van der Waals surface area contributed by atoms with E-state index < -0.39 is 0 Å². The summed E-state index contributed by atoms with van der Waals surface area (Å²) < 4.78 is 6.01. The van der Waals surface area contributed by atoms with E-state index in [4.69, 9.17) is 10.5 Å². The molecule has 2 fully saturated rings. The van der Waals surface area contributed by atoms with Crippen LogP contribution < -0.4 is 10.6 Å². The number of hydrogen-bond acceptors (Lipinski definition) is 3. The zero-order valence-electron chi connectivity index (χ0n) is 11.8. The van der Waals surface area contributed by atoms with E-state index >= 15 is 0 Å². The summed E-state index contributed by atoms with van der Waals surface area (Å²) in [7, 11) is 2.21. The Labute approximate surface area is 115 Å². The highest BCUT2D eigenvalue weighted by molar-refractivity contribution is 5.48. The summed E-state index contributed by atoms with van der Waals surface area (Å²) in [5, 5.41) is 0. The summed E-state index contributed by atoms with van der Waals surface area (Å²) in [6.07, 6.45) is 6.16. The third-order valence-electron chi connectivity index (χ3n) is 4.86. The lowest BCUT2D eigenvalue weighted by molar-refractivity contribution is -0.132. The SMILES string of the molecule is CN(c1ccc(CN)cc1)C1CCOC2(CCC2)C1. The molecule has 19 heavy (non-hydrogen) atoms. The van der Waals surface area contributed by atoms with Crippen LogP contribution in [0, 0.1) is 0 Å². The fourth-order valence-electron chi connectivity index (χ4n) is 3.33. The highest BCUT2D eigenvalue weighted by atomic mass is 16.5. The monoisotopic (exact) mass is 260 g/mol. The van der Waals surface area contributed by atoms with Crippen molar-refractivity contribution in [2.75, 3.05) is 18.6 Å². The third-order valence-corrected chi connectivity index (χ3v) is 4.86. The van der Waals surface area contributed by atoms with Crippen molar-refractivity contribution in [3.8, 4) is 0 Å². The second kappa shape index (κ2) is 5.14. The Bertz CT molecular complexity index is 425. The molecule has 1 spiro atoms. The molecule has 0 bridgehead atoms. The lowest BCUT2D eigenvalue weighted by Crippen LogP contribution is -2.51. The highest BCUT2D eigenvalue weighted by Crippen LogP contribution is 2.43. The molecule has 1 saturated heterocycles. The minimum atomic E-state index is 0.217. The summed E-state index contributed by atoms with van der Waals surface area (Å²) in [5.74, 6) is 0. The fraction of sp³-hybridized carbons (Fsp3) is 0.625. The first-order valence-corrected chi connectivity index (χ1v) is 7.38. The summed E-state index contributed by atoms with van der Waals surface area (Å²) in [5.41, 5.74) is 8.35. The summed E-state index contributed by atoms with van der Waals surface area (Å²) in [4.78, 5) is 2.42. The molecule has 0 amide bonds. The molecule has 1 aromatic carbocycles. The molecule has 1 unspecified atom stereocenters. The summed E-state index contributed by atoms with van der Waals surface area (Å²) in [6.45, 7) is 1.53. The van der Waals surface area contributed by atoms with Gasteiger partial charge in [0.25, 0.3) is 0 Å². The van der Waals surface area contributed by atoms with E-state index in [9.17, 15) is 0 Å². The zero-order valence-corrected chi connectivity index (χ0v) is 11.8. The Morgan fingerprint density at radius 2 is 2.05 bits per heavy atom. The third kappa shape index (κ3) is 2.49. The number of ether oxygens (including phenoxy) is 1. The minimum Gasteiger partial charge on any atom is -0.375 e. The van der Waals surface area contributed by atoms with Crippen molar-refractivity contribution >= 4 is 5.69 Å². The summed E-state index contributed by atoms with van der Waals surface area (Å²) in [6, 6.07) is 9.24. The predicted octanol–water partition coefficient (Wildman–Crippen LogP) is 2.68. The number of rotatable bonds is 3. The van der Waals surface area contributed by atoms with Crippen LogP contribution in [0.3, 0.4) is 0 Å². The maximum absolute atomic E-state index is 6.01. The van der Waals surface area contributed by atoms with Gasteiger partial charge in [-0.25, -0.2) is 0 Å². The van der Waals surface area contributed by atoms with Crippen LogP contribution in [-0.4, -0.2) is 25.3 Å². The molecular formula is C16H24N2O. The molecule has 104 valence electrons. The van der Waals surface area contributed by atoms with Crippen molar-refractivity contribution in [2.24, 2.45) is 5.73 Å². The van der Waals surface area contributed by atoms with Crippen molar-refractivity contribution in [3.05, 3.63) is 29.8 Å². The first kappa shape index (κ1) is 12.9. The van der Waals surface area contributed by atoms with Crippen LogP contribution in [0.4, 0.5) is 5.69 Å². The Morgan fingerprint density at radius 3 is 2.63 bits per heavy atom. The molecule has 1 atom stereocenters. The first-order valence-electron chi connectivity index (χ1n) is 7.38. The quantitative estimate of drug-likeness (QED) is 0.908. The van der Waals surface area contributed by atoms with E-state index in [1.54, 1.807) is 0 Å². The normalized spacial score (nSPS) is 25.1. The minimum absolute atomic E-state index is 0.217. The maximum Gasteiger partial charge on any atom is 0.0702 e. The molecule has 3 rings (SSSR count). The van der Waals surface area contributed by atoms with E-state index in [-0.39, 0.29) is 5.60 Å². The van der Waals surface area contributed by atoms with Gasteiger partial charge in [0.15, 0.2) is 0 Å². The van der Waals surface area contributed by atoms with Gasteiger partial charge >= 0.3 is 0 Å². The lowest BCUT2D eigenvalue weighted by atomic mass is 9.73. The largest absolute Gasteiger partial charge is 0.375 e. The van der Waals surface area contributed by atoms with Gasteiger partial charge in [-0.3, -0.25) is 0 Å². The molecule has 3 nitrogen and oxygen atoms in total. The van der Waals surface area contributed by atoms with Gasteiger partial charge in [-0.2, -0.15) is 0 Å². The van der Waals surface area contributed by atoms with Crippen LogP contribution in [0.2, 0.25) is 0 Å². The van der Waals surface area contributed by atoms with Crippen molar-refractivity contribution in [3.63, 3.8) is 0 Å². The first-order chi connectivity index (χ1) is 9.22. The van der Waals surface area contributed by atoms with E-state index in [1.807, 2.05) is 0 Å². The van der Waals surface area contributed by atoms with E-state index in [0.29, 0.717) is 12.6 Å². The average Bonchev–Trinajstić information content (AvgIpc) is 2.45. The number of hydrogen-bond donors (Lipinski definition) is 1. The highest BCUT2D eigenvalue weighted by Gasteiger charge is 2.43. The van der Waals surface area contributed by atoms with E-state index in [2.05, 4.69) is 36.2 Å². The number of anilines is 1. The Morgan fingerprint density at radius 1 is 1.32 bits per heavy atom. The molecule has 0 aromatic heterocycles. The van der Waals surface area contributed by atoms with Crippen LogP contribution in [0.5, 0.6) is 0 Å². The Balaban J connectivity index is 1.69. The molecule has 2 N–H and O–H groups in total. The topological polar surface area (TPSA) is 38.5 Å². The van der Waals surface area contributed by atoms with Crippen molar-refractivity contribution < 1.29 is 4.74 Å². The zero-order chi connectivity index (χ0) is 13.3. The Hall–Kier alpha value is -1.06. The molecule has 1 heterocycles.